The molecule has 0 radical (unpaired) electrons. The van der Waals surface area contributed by atoms with Gasteiger partial charge in [-0.1, -0.05) is 18.2 Å². The monoisotopic (exact) mass is 291 g/mol. The molecule has 112 valence electrons. The van der Waals surface area contributed by atoms with Crippen molar-refractivity contribution >= 4 is 0 Å². The minimum Gasteiger partial charge on any atom is -0.493 e. The highest BCUT2D eigenvalue weighted by Gasteiger charge is 2.52. The van der Waals surface area contributed by atoms with Crippen LogP contribution in [0.3, 0.4) is 0 Å². The zero-order valence-corrected chi connectivity index (χ0v) is 12.0. The topological polar surface area (TPSA) is 41.9 Å². The van der Waals surface area contributed by atoms with Crippen LogP contribution in [-0.4, -0.2) is 42.8 Å². The normalized spacial score (nSPS) is 36.6. The van der Waals surface area contributed by atoms with E-state index in [2.05, 4.69) is 0 Å². The molecule has 1 aliphatic carbocycles. The number of nitrogens with zero attached hydrogens (tertiary/aromatic N) is 1. The van der Waals surface area contributed by atoms with Gasteiger partial charge in [0.25, 0.3) is 0 Å². The minimum absolute atomic E-state index is 0.195. The van der Waals surface area contributed by atoms with Crippen LogP contribution in [0.5, 0.6) is 11.5 Å². The molecule has 0 amide bonds. The molecule has 21 heavy (non-hydrogen) atoms. The fraction of sp³-hybridized carbons (Fsp3) is 0.529. The fourth-order valence-electron chi connectivity index (χ4n) is 3.94. The Hall–Kier alpha value is -1.52. The van der Waals surface area contributed by atoms with E-state index in [1.165, 1.54) is 4.90 Å². The van der Waals surface area contributed by atoms with Crippen LogP contribution in [0.4, 0.5) is 0 Å². The van der Waals surface area contributed by atoms with Crippen LogP contribution in [0.1, 0.15) is 28.1 Å². The van der Waals surface area contributed by atoms with Crippen LogP contribution in [0.25, 0.3) is 0 Å². The van der Waals surface area contributed by atoms with Crippen molar-refractivity contribution in [2.24, 2.45) is 0 Å². The van der Waals surface area contributed by atoms with E-state index >= 15 is 0 Å². The molecule has 4 heteroatoms. The van der Waals surface area contributed by atoms with Crippen molar-refractivity contribution in [3.63, 3.8) is 0 Å². The first-order valence-electron chi connectivity index (χ1n) is 8.84. The molecule has 4 rings (SSSR count). The quantitative estimate of drug-likeness (QED) is 0.633. The average molecular weight is 291 g/mol. The number of benzene rings is 1. The number of hydrogen-bond acceptors (Lipinski definition) is 4. The Kier molecular flexibility index (Phi) is 2.19. The van der Waals surface area contributed by atoms with Gasteiger partial charge in [0, 0.05) is 22.6 Å². The number of aliphatic hydroxyl groups is 1. The van der Waals surface area contributed by atoms with Crippen LogP contribution < -0.4 is 9.47 Å². The zero-order valence-electron chi connectivity index (χ0n) is 15.0. The van der Waals surface area contributed by atoms with Gasteiger partial charge in [0.15, 0.2) is 11.5 Å². The highest BCUT2D eigenvalue weighted by Crippen LogP contribution is 2.55. The van der Waals surface area contributed by atoms with Gasteiger partial charge in [-0.25, -0.2) is 0 Å². The van der Waals surface area contributed by atoms with Gasteiger partial charge < -0.3 is 19.5 Å². The summed E-state index contributed by atoms with van der Waals surface area (Å²) in [5.74, 6) is 1.36. The zero-order chi connectivity index (χ0) is 17.1. The molecule has 0 saturated carbocycles. The first-order chi connectivity index (χ1) is 11.3. The maximum absolute atomic E-state index is 10.0. The lowest BCUT2D eigenvalue weighted by Crippen LogP contribution is -2.42. The molecule has 3 aliphatic rings. The summed E-state index contributed by atoms with van der Waals surface area (Å²) < 4.78 is 35.0. The van der Waals surface area contributed by atoms with Crippen LogP contribution in [0.15, 0.2) is 24.3 Å². The molecule has 2 aliphatic heterocycles. The van der Waals surface area contributed by atoms with Gasteiger partial charge >= 0.3 is 0 Å². The third-order valence-corrected chi connectivity index (χ3v) is 4.96. The van der Waals surface area contributed by atoms with Gasteiger partial charge in [-0.3, -0.25) is 0 Å². The Bertz CT molecular complexity index is 703. The first-order valence-corrected chi connectivity index (χ1v) is 7.34. The van der Waals surface area contributed by atoms with E-state index in [4.69, 9.17) is 13.6 Å². The smallest absolute Gasteiger partial charge is 0.166 e. The van der Waals surface area contributed by atoms with Gasteiger partial charge in [0.1, 0.15) is 6.10 Å². The van der Waals surface area contributed by atoms with Crippen LogP contribution in [0.2, 0.25) is 0 Å². The van der Waals surface area contributed by atoms with Gasteiger partial charge in [-0.05, 0) is 31.6 Å². The molecule has 0 unspecified atom stereocenters. The standard InChI is InChI=1S/C17H21NO3/c1-18-8-7-17-6-5-12(19)9-14(17)21-16-13(20-2)4-3-11(10-18)15(16)17/h3-6,12,14,19H,7-10H2,1-2H3/t12-,14-,17-/m1/s1/i1+1D3. The van der Waals surface area contributed by atoms with Crippen molar-refractivity contribution in [3.8, 4) is 11.5 Å². The largest absolute Gasteiger partial charge is 0.493 e. The maximum atomic E-state index is 10.0. The summed E-state index contributed by atoms with van der Waals surface area (Å²) in [7, 11) is 1.60. The van der Waals surface area contributed by atoms with Crippen LogP contribution >= 0.6 is 0 Å². The van der Waals surface area contributed by atoms with Gasteiger partial charge in [0.05, 0.1) is 18.6 Å². The van der Waals surface area contributed by atoms with E-state index in [1.54, 1.807) is 7.11 Å². The molecule has 0 aromatic heterocycles. The lowest BCUT2D eigenvalue weighted by atomic mass is 9.69. The Labute approximate surface area is 129 Å². The van der Waals surface area contributed by atoms with E-state index in [-0.39, 0.29) is 6.10 Å². The summed E-state index contributed by atoms with van der Waals surface area (Å²) in [6, 6.07) is 3.77. The third-order valence-electron chi connectivity index (χ3n) is 4.96. The van der Waals surface area contributed by atoms with Gasteiger partial charge in [0.2, 0.25) is 0 Å². The molecule has 3 atom stereocenters. The van der Waals surface area contributed by atoms with E-state index < -0.39 is 18.5 Å². The van der Waals surface area contributed by atoms with E-state index in [1.807, 2.05) is 24.3 Å². The Balaban J connectivity index is 1.90. The number of rotatable bonds is 1. The van der Waals surface area contributed by atoms with Crippen LogP contribution in [0, 0.1) is 0 Å². The third kappa shape index (κ3) is 1.75. The van der Waals surface area contributed by atoms with Crippen molar-refractivity contribution in [3.05, 3.63) is 35.4 Å². The lowest BCUT2D eigenvalue weighted by Gasteiger charge is -2.35. The van der Waals surface area contributed by atoms with Crippen LogP contribution in [-0.2, 0) is 12.0 Å². The Morgan fingerprint density at radius 2 is 2.43 bits per heavy atom. The van der Waals surface area contributed by atoms with Gasteiger partial charge in [-0.15, -0.1) is 0 Å². The predicted molar refractivity (Wildman–Crippen MR) is 79.8 cm³/mol. The summed E-state index contributed by atoms with van der Waals surface area (Å²) >= 11 is 0. The number of ether oxygens (including phenoxy) is 2. The maximum Gasteiger partial charge on any atom is 0.166 e. The van der Waals surface area contributed by atoms with Crippen molar-refractivity contribution < 1.29 is 18.7 Å². The SMILES string of the molecule is [2H][13C]([2H])([2H])N1CC[C@]23C=C[C@@H](O)C[C@H]2Oc2c(OC)ccc(c23)C1. The first kappa shape index (κ1) is 10.2. The second-order valence-electron chi connectivity index (χ2n) is 6.11. The number of aliphatic hydroxyl groups excluding tert-OH is 1. The molecular weight excluding hydrogens is 267 g/mol. The molecule has 1 spiro atoms. The highest BCUT2D eigenvalue weighted by atomic mass is 16.5. The number of methoxy groups -OCH3 is 1. The van der Waals surface area contributed by atoms with Crippen molar-refractivity contribution in [2.45, 2.75) is 37.0 Å². The van der Waals surface area contributed by atoms with Gasteiger partial charge in [-0.2, -0.15) is 0 Å². The molecule has 1 aromatic rings. The molecule has 1 N–H and O–H groups in total. The van der Waals surface area contributed by atoms with Crippen molar-refractivity contribution in [1.82, 2.24) is 4.90 Å². The fourth-order valence-corrected chi connectivity index (χ4v) is 3.94. The molecular formula is C17H21NO3. The lowest BCUT2D eigenvalue weighted by molar-refractivity contribution is 0.0821. The minimum atomic E-state index is -2.13. The molecule has 2 heterocycles. The Morgan fingerprint density at radius 3 is 3.24 bits per heavy atom. The molecule has 1 aromatic carbocycles. The second-order valence-corrected chi connectivity index (χ2v) is 6.11. The predicted octanol–water partition coefficient (Wildman–Crippen LogP) is 1.85. The highest BCUT2D eigenvalue weighted by molar-refractivity contribution is 5.60. The molecule has 4 nitrogen and oxygen atoms in total. The van der Waals surface area contributed by atoms with Crippen molar-refractivity contribution in [2.75, 3.05) is 20.6 Å². The summed E-state index contributed by atoms with van der Waals surface area (Å²) in [4.78, 5) is 1.54. The summed E-state index contributed by atoms with van der Waals surface area (Å²) in [5.41, 5.74) is 1.60. The molecule has 0 bridgehead atoms. The number of hydrogen-bond donors (Lipinski definition) is 1. The van der Waals surface area contributed by atoms with E-state index in [9.17, 15) is 5.11 Å². The van der Waals surface area contributed by atoms with E-state index in [0.29, 0.717) is 37.4 Å². The summed E-state index contributed by atoms with van der Waals surface area (Å²) in [6.07, 6.45) is 4.24. The van der Waals surface area contributed by atoms with Crippen molar-refractivity contribution in [1.29, 1.82) is 0 Å². The molecule has 0 saturated heterocycles. The summed E-state index contributed by atoms with van der Waals surface area (Å²) in [5, 5.41) is 10.0. The van der Waals surface area contributed by atoms with E-state index in [0.717, 1.165) is 11.1 Å². The second kappa shape index (κ2) is 4.49. The average Bonchev–Trinajstić information content (AvgIpc) is 2.74. The Morgan fingerprint density at radius 1 is 1.52 bits per heavy atom. The summed E-state index contributed by atoms with van der Waals surface area (Å²) in [6.45, 7) is -1.32. The molecule has 0 fully saturated rings.